The van der Waals surface area contributed by atoms with Gasteiger partial charge in [0, 0.05) is 72.3 Å². The highest BCUT2D eigenvalue weighted by molar-refractivity contribution is 6.36. The first-order valence-corrected chi connectivity index (χ1v) is 26.7. The van der Waals surface area contributed by atoms with Gasteiger partial charge in [0.15, 0.2) is 17.0 Å². The van der Waals surface area contributed by atoms with Crippen LogP contribution >= 0.6 is 0 Å². The second-order valence-electron chi connectivity index (χ2n) is 22.2. The van der Waals surface area contributed by atoms with Crippen molar-refractivity contribution in [2.45, 2.75) is 23.7 Å². The van der Waals surface area contributed by atoms with Gasteiger partial charge in [0.25, 0.3) is 0 Å². The normalized spacial score (nSPS) is 17.7. The van der Waals surface area contributed by atoms with E-state index in [-0.39, 0.29) is 23.7 Å². The van der Waals surface area contributed by atoms with Crippen molar-refractivity contribution in [1.82, 2.24) is 18.8 Å². The summed E-state index contributed by atoms with van der Waals surface area (Å²) in [5, 5.41) is 21.7. The smallest absolute Gasteiger partial charge is 0.193 e. The van der Waals surface area contributed by atoms with Gasteiger partial charge in [-0.25, -0.2) is 14.8 Å². The van der Waals surface area contributed by atoms with Gasteiger partial charge in [-0.05, 0) is 103 Å². The lowest BCUT2D eigenvalue weighted by Gasteiger charge is -2.43. The van der Waals surface area contributed by atoms with Crippen LogP contribution in [0.4, 0.5) is 5.69 Å². The summed E-state index contributed by atoms with van der Waals surface area (Å²) in [6.45, 7) is 8.97. The Morgan fingerprint density at radius 3 is 1.27 bits per heavy atom. The first-order valence-electron chi connectivity index (χ1n) is 26.7. The van der Waals surface area contributed by atoms with Crippen LogP contribution < -0.4 is 0 Å². The summed E-state index contributed by atoms with van der Waals surface area (Å²) >= 11 is 0. The number of benzene rings is 10. The van der Waals surface area contributed by atoms with Crippen LogP contribution in [0.5, 0.6) is 0 Å². The van der Waals surface area contributed by atoms with Gasteiger partial charge in [-0.3, -0.25) is 8.80 Å². The summed E-state index contributed by atoms with van der Waals surface area (Å²) in [7, 11) is 0. The molecular formula is C70H32N6O2. The molecule has 7 heterocycles. The summed E-state index contributed by atoms with van der Waals surface area (Å²) in [6, 6.07) is 63.5. The third-order valence-electron chi connectivity index (χ3n) is 19.1. The molecule has 23 rings (SSSR count). The topological polar surface area (TPSA) is 89.0 Å². The van der Waals surface area contributed by atoms with Crippen LogP contribution in [-0.4, -0.2) is 18.8 Å². The van der Waals surface area contributed by atoms with E-state index in [2.05, 4.69) is 177 Å². The summed E-state index contributed by atoms with van der Waals surface area (Å²) in [5.41, 5.74) is 26.0. The largest absolute Gasteiger partial charge is 0.455 e. The van der Waals surface area contributed by atoms with E-state index in [1.807, 2.05) is 12.1 Å². The maximum Gasteiger partial charge on any atom is 0.193 e. The molecule has 0 spiro atoms. The van der Waals surface area contributed by atoms with E-state index >= 15 is 0 Å². The number of nitrogens with zero attached hydrogens (tertiary/aromatic N) is 6. The molecule has 10 aromatic carbocycles. The quantitative estimate of drug-likeness (QED) is 0.141. The van der Waals surface area contributed by atoms with Gasteiger partial charge in [-0.15, -0.1) is 0 Å². The van der Waals surface area contributed by atoms with E-state index in [1.165, 1.54) is 55.6 Å². The SMILES string of the molecule is [C-]#[N+]c1cc2c(c3c1C1c4ccccc4C3c3ccccc31)c1c3oc4ccccc4c3cc3c4nc5c6cc7c8ccccc8oc7c7c8c9c(c(C#N)cc8n(c5nc4n2c31)c67)C1c2ccccc2C9c2ccccc21. The van der Waals surface area contributed by atoms with Gasteiger partial charge in [0.2, 0.25) is 0 Å². The maximum atomic E-state index is 11.4. The lowest BCUT2D eigenvalue weighted by molar-refractivity contribution is 0.672. The van der Waals surface area contributed by atoms with Crippen molar-refractivity contribution in [3.63, 3.8) is 0 Å². The molecule has 7 aromatic heterocycles. The monoisotopic (exact) mass is 988 g/mol. The fourth-order valence-corrected chi connectivity index (χ4v) is 16.5. The van der Waals surface area contributed by atoms with Crippen molar-refractivity contribution in [2.24, 2.45) is 0 Å². The second kappa shape index (κ2) is 12.7. The zero-order chi connectivity index (χ0) is 50.3. The zero-order valence-electron chi connectivity index (χ0n) is 41.0. The van der Waals surface area contributed by atoms with Crippen LogP contribution in [0.15, 0.2) is 179 Å². The number of fused-ring (bicyclic) bond motifs is 20. The standard InChI is InChI=1S/C70H32N6O2/c1-72-46-29-48-58(60-55-40-22-8-4-18-36(40)53(56(46)60)37-19-5-9-23-41(37)55)62-66-45(28-43-33-15-11-13-25-50(33)78-68(43)62)64-70(76(48)66)74-69-63(73-64)44-27-42-32-14-10-12-24-49(32)77-67(42)61-57-47(75(69)65(44)61)26-31(30-71)51-52-34-16-2-6-20-38(34)54(59(51)57)39-21-7-3-17-35(39)52/h2-29,52-55H. The average Bonchev–Trinajstić information content (AvgIpc) is 4.29. The fourth-order valence-electron chi connectivity index (χ4n) is 16.5. The Hall–Kier alpha value is -10.5. The van der Waals surface area contributed by atoms with E-state index in [4.69, 9.17) is 25.4 Å². The molecule has 0 N–H and O–H groups in total. The van der Waals surface area contributed by atoms with Crippen molar-refractivity contribution >= 4 is 126 Å². The average molecular weight is 989 g/mol. The summed E-state index contributed by atoms with van der Waals surface area (Å²) in [4.78, 5) is 16.3. The van der Waals surface area contributed by atoms with Crippen LogP contribution in [0, 0.1) is 17.9 Å². The van der Waals surface area contributed by atoms with Crippen molar-refractivity contribution in [1.29, 1.82) is 5.26 Å². The van der Waals surface area contributed by atoms with E-state index < -0.39 is 0 Å². The van der Waals surface area contributed by atoms with Gasteiger partial charge in [0.1, 0.15) is 33.4 Å². The number of furan rings is 2. The Morgan fingerprint density at radius 2 is 0.821 bits per heavy atom. The van der Waals surface area contributed by atoms with Gasteiger partial charge >= 0.3 is 0 Å². The van der Waals surface area contributed by atoms with Crippen LogP contribution in [0.3, 0.4) is 0 Å². The van der Waals surface area contributed by atoms with Crippen LogP contribution in [0.25, 0.3) is 125 Å². The first kappa shape index (κ1) is 39.0. The molecule has 0 fully saturated rings. The highest BCUT2D eigenvalue weighted by Crippen LogP contribution is 2.63. The van der Waals surface area contributed by atoms with E-state index in [0.717, 1.165) is 120 Å². The van der Waals surface area contributed by atoms with Gasteiger partial charge < -0.3 is 8.83 Å². The summed E-state index contributed by atoms with van der Waals surface area (Å²) in [6.07, 6.45) is 0. The predicted molar refractivity (Wildman–Crippen MR) is 306 cm³/mol. The molecule has 6 aliphatic rings. The lowest BCUT2D eigenvalue weighted by atomic mass is 9.59. The van der Waals surface area contributed by atoms with Crippen LogP contribution in [0.2, 0.25) is 0 Å². The lowest BCUT2D eigenvalue weighted by Crippen LogP contribution is -2.28. The molecular weight excluding hydrogens is 957 g/mol. The van der Waals surface area contributed by atoms with Crippen molar-refractivity contribution in [3.8, 4) is 6.07 Å². The van der Waals surface area contributed by atoms with Gasteiger partial charge in [-0.2, -0.15) is 5.26 Å². The van der Waals surface area contributed by atoms with E-state index in [0.29, 0.717) is 22.5 Å². The third kappa shape index (κ3) is 4.04. The third-order valence-corrected chi connectivity index (χ3v) is 19.1. The molecule has 0 saturated carbocycles. The minimum atomic E-state index is -0.111. The summed E-state index contributed by atoms with van der Waals surface area (Å²) in [5.74, 6) is -0.420. The molecule has 354 valence electrons. The van der Waals surface area contributed by atoms with Crippen molar-refractivity contribution in [3.05, 3.63) is 254 Å². The van der Waals surface area contributed by atoms with E-state index in [1.54, 1.807) is 0 Å². The van der Waals surface area contributed by atoms with Crippen molar-refractivity contribution in [2.75, 3.05) is 0 Å². The highest BCUT2D eigenvalue weighted by Gasteiger charge is 2.47. The maximum absolute atomic E-state index is 11.4. The highest BCUT2D eigenvalue weighted by atomic mass is 16.3. The van der Waals surface area contributed by atoms with Gasteiger partial charge in [-0.1, -0.05) is 133 Å². The summed E-state index contributed by atoms with van der Waals surface area (Å²) < 4.78 is 18.8. The Balaban J connectivity index is 0.978. The number of aromatic nitrogens is 4. The molecule has 0 radical (unpaired) electrons. The first-order chi connectivity index (χ1) is 38.7. The Kier molecular flexibility index (Phi) is 6.37. The molecule has 78 heavy (non-hydrogen) atoms. The number of nitriles is 1. The Bertz CT molecular complexity index is 5440. The number of rotatable bonds is 0. The van der Waals surface area contributed by atoms with Crippen LogP contribution in [0.1, 0.15) is 96.0 Å². The molecule has 8 heteroatoms. The molecule has 0 aliphatic heterocycles. The molecule has 17 aromatic rings. The van der Waals surface area contributed by atoms with Gasteiger partial charge in [0.05, 0.1) is 45.5 Å². The second-order valence-corrected chi connectivity index (χ2v) is 22.2. The van der Waals surface area contributed by atoms with E-state index in [9.17, 15) is 5.26 Å². The molecule has 0 amide bonds. The van der Waals surface area contributed by atoms with Crippen LogP contribution in [-0.2, 0) is 0 Å². The number of hydrogen-bond donors (Lipinski definition) is 0. The molecule has 0 unspecified atom stereocenters. The number of hydrogen-bond acceptors (Lipinski definition) is 5. The molecule has 6 aliphatic carbocycles. The zero-order valence-corrected chi connectivity index (χ0v) is 41.0. The minimum Gasteiger partial charge on any atom is -0.455 e. The van der Waals surface area contributed by atoms with Crippen molar-refractivity contribution < 1.29 is 8.83 Å². The fraction of sp³-hybridized carbons (Fsp3) is 0.0571. The molecule has 4 bridgehead atoms. The number of para-hydroxylation sites is 2. The molecule has 8 nitrogen and oxygen atoms in total. The molecule has 0 atom stereocenters. The predicted octanol–water partition coefficient (Wildman–Crippen LogP) is 17.0. The Labute approximate surface area is 440 Å². The molecule has 0 saturated heterocycles. The minimum absolute atomic E-state index is 0.0985. The Morgan fingerprint density at radius 1 is 0.423 bits per heavy atom.